The number of thiophene rings is 1. The van der Waals surface area contributed by atoms with Gasteiger partial charge in [-0.05, 0) is 29.6 Å². The summed E-state index contributed by atoms with van der Waals surface area (Å²) in [5.41, 5.74) is 0.708. The van der Waals surface area contributed by atoms with Crippen molar-refractivity contribution in [3.05, 3.63) is 47.3 Å². The minimum absolute atomic E-state index is 0.253. The van der Waals surface area contributed by atoms with Gasteiger partial charge in [0, 0.05) is 7.05 Å². The molecule has 0 N–H and O–H groups in total. The highest BCUT2D eigenvalue weighted by atomic mass is 32.2. The summed E-state index contributed by atoms with van der Waals surface area (Å²) < 4.78 is 30.8. The molecule has 0 aliphatic heterocycles. The van der Waals surface area contributed by atoms with E-state index in [1.54, 1.807) is 35.7 Å². The Hall–Kier alpha value is -1.86. The molecule has 1 aromatic heterocycles. The molecule has 0 aliphatic rings. The van der Waals surface area contributed by atoms with Gasteiger partial charge in [0.1, 0.15) is 4.21 Å². The standard InChI is InChI=1S/C13H13NO4S2/c1-14(20(16,17)12-7-4-8-19-12)11-6-3-5-10(9-11)13(15)18-2/h3-9H,1-2H3. The van der Waals surface area contributed by atoms with Gasteiger partial charge < -0.3 is 4.74 Å². The number of hydrogen-bond donors (Lipinski definition) is 0. The predicted molar refractivity (Wildman–Crippen MR) is 77.7 cm³/mol. The van der Waals surface area contributed by atoms with Crippen LogP contribution in [0.2, 0.25) is 0 Å². The van der Waals surface area contributed by atoms with Crippen LogP contribution in [0.4, 0.5) is 5.69 Å². The Labute approximate surface area is 121 Å². The van der Waals surface area contributed by atoms with Crippen molar-refractivity contribution >= 4 is 33.0 Å². The Morgan fingerprint density at radius 2 is 2.00 bits per heavy atom. The number of hydrogen-bond acceptors (Lipinski definition) is 5. The van der Waals surface area contributed by atoms with Gasteiger partial charge in [-0.25, -0.2) is 13.2 Å². The van der Waals surface area contributed by atoms with E-state index in [0.29, 0.717) is 11.3 Å². The third-order valence-electron chi connectivity index (χ3n) is 2.74. The van der Waals surface area contributed by atoms with Crippen molar-refractivity contribution in [3.63, 3.8) is 0 Å². The maximum atomic E-state index is 12.4. The van der Waals surface area contributed by atoms with Crippen molar-refractivity contribution in [2.45, 2.75) is 4.21 Å². The first kappa shape index (κ1) is 14.5. The molecule has 0 unspecified atom stereocenters. The number of methoxy groups -OCH3 is 1. The van der Waals surface area contributed by atoms with Crippen molar-refractivity contribution in [2.75, 3.05) is 18.5 Å². The zero-order chi connectivity index (χ0) is 14.8. The minimum atomic E-state index is -3.60. The first-order valence-corrected chi connectivity index (χ1v) is 7.99. The van der Waals surface area contributed by atoms with Gasteiger partial charge >= 0.3 is 5.97 Å². The molecule has 7 heteroatoms. The van der Waals surface area contributed by atoms with E-state index in [9.17, 15) is 13.2 Å². The molecule has 0 bridgehead atoms. The molecule has 0 fully saturated rings. The fourth-order valence-electron chi connectivity index (χ4n) is 1.63. The van der Waals surface area contributed by atoms with Crippen molar-refractivity contribution in [3.8, 4) is 0 Å². The lowest BCUT2D eigenvalue weighted by molar-refractivity contribution is 0.0601. The Bertz CT molecular complexity index is 708. The number of anilines is 1. The molecule has 1 heterocycles. The average Bonchev–Trinajstić information content (AvgIpc) is 3.00. The normalized spacial score (nSPS) is 11.1. The van der Waals surface area contributed by atoms with Gasteiger partial charge in [-0.2, -0.15) is 0 Å². The summed E-state index contributed by atoms with van der Waals surface area (Å²) in [7, 11) is -0.869. The number of benzene rings is 1. The Morgan fingerprint density at radius 1 is 1.25 bits per heavy atom. The molecule has 0 atom stereocenters. The topological polar surface area (TPSA) is 63.7 Å². The quantitative estimate of drug-likeness (QED) is 0.813. The van der Waals surface area contributed by atoms with Crippen LogP contribution >= 0.6 is 11.3 Å². The van der Waals surface area contributed by atoms with Crippen molar-refractivity contribution in [1.82, 2.24) is 0 Å². The predicted octanol–water partition coefficient (Wildman–Crippen LogP) is 2.36. The third-order valence-corrected chi connectivity index (χ3v) is 5.90. The second-order valence-corrected chi connectivity index (χ2v) is 7.09. The van der Waals surface area contributed by atoms with E-state index in [1.165, 1.54) is 20.2 Å². The maximum Gasteiger partial charge on any atom is 0.337 e. The number of ether oxygens (including phenoxy) is 1. The average molecular weight is 311 g/mol. The molecule has 0 saturated heterocycles. The van der Waals surface area contributed by atoms with Crippen LogP contribution in [0.1, 0.15) is 10.4 Å². The van der Waals surface area contributed by atoms with Crippen LogP contribution in [-0.2, 0) is 14.8 Å². The van der Waals surface area contributed by atoms with E-state index in [-0.39, 0.29) is 4.21 Å². The smallest absolute Gasteiger partial charge is 0.337 e. The lowest BCUT2D eigenvalue weighted by Gasteiger charge is -2.18. The van der Waals surface area contributed by atoms with Crippen LogP contribution in [-0.4, -0.2) is 28.5 Å². The van der Waals surface area contributed by atoms with Gasteiger partial charge in [0.05, 0.1) is 18.4 Å². The fourth-order valence-corrected chi connectivity index (χ4v) is 3.98. The summed E-state index contributed by atoms with van der Waals surface area (Å²) in [6.45, 7) is 0. The SMILES string of the molecule is COC(=O)c1cccc(N(C)S(=O)(=O)c2cccs2)c1. The summed E-state index contributed by atoms with van der Waals surface area (Å²) in [4.78, 5) is 11.5. The van der Waals surface area contributed by atoms with Crippen LogP contribution in [0.3, 0.4) is 0 Å². The number of rotatable bonds is 4. The summed E-state index contributed by atoms with van der Waals surface area (Å²) >= 11 is 1.15. The van der Waals surface area contributed by atoms with E-state index in [4.69, 9.17) is 0 Å². The van der Waals surface area contributed by atoms with Crippen LogP contribution in [0, 0.1) is 0 Å². The Kier molecular flexibility index (Phi) is 4.10. The fraction of sp³-hybridized carbons (Fsp3) is 0.154. The monoisotopic (exact) mass is 311 g/mol. The second kappa shape index (κ2) is 5.64. The van der Waals surface area contributed by atoms with E-state index >= 15 is 0 Å². The molecule has 5 nitrogen and oxygen atoms in total. The number of esters is 1. The molecular weight excluding hydrogens is 298 g/mol. The molecular formula is C13H13NO4S2. The highest BCUT2D eigenvalue weighted by Crippen LogP contribution is 2.25. The van der Waals surface area contributed by atoms with Crippen molar-refractivity contribution in [2.24, 2.45) is 0 Å². The highest BCUT2D eigenvalue weighted by Gasteiger charge is 2.22. The van der Waals surface area contributed by atoms with Gasteiger partial charge in [0.25, 0.3) is 10.0 Å². The Morgan fingerprint density at radius 3 is 2.60 bits per heavy atom. The summed E-state index contributed by atoms with van der Waals surface area (Å²) in [5, 5.41) is 1.70. The van der Waals surface area contributed by atoms with Gasteiger partial charge in [-0.3, -0.25) is 4.31 Å². The molecule has 2 aromatic rings. The van der Waals surface area contributed by atoms with Crippen molar-refractivity contribution in [1.29, 1.82) is 0 Å². The van der Waals surface area contributed by atoms with Gasteiger partial charge in [0.2, 0.25) is 0 Å². The molecule has 1 aromatic carbocycles. The number of nitrogens with zero attached hydrogens (tertiary/aromatic N) is 1. The summed E-state index contributed by atoms with van der Waals surface area (Å²) in [6, 6.07) is 9.51. The Balaban J connectivity index is 2.39. The lowest BCUT2D eigenvalue weighted by Crippen LogP contribution is -2.26. The van der Waals surface area contributed by atoms with Crippen LogP contribution in [0.15, 0.2) is 46.0 Å². The summed E-state index contributed by atoms with van der Waals surface area (Å²) in [5.74, 6) is -0.506. The van der Waals surface area contributed by atoms with E-state index < -0.39 is 16.0 Å². The molecule has 2 rings (SSSR count). The molecule has 106 valence electrons. The maximum absolute atomic E-state index is 12.4. The van der Waals surface area contributed by atoms with Gasteiger partial charge in [-0.1, -0.05) is 12.1 Å². The number of carbonyl (C=O) groups excluding carboxylic acids is 1. The van der Waals surface area contributed by atoms with Crippen LogP contribution < -0.4 is 4.31 Å². The van der Waals surface area contributed by atoms with E-state index in [0.717, 1.165) is 15.6 Å². The lowest BCUT2D eigenvalue weighted by atomic mass is 10.2. The second-order valence-electron chi connectivity index (χ2n) is 3.95. The molecule has 0 amide bonds. The van der Waals surface area contributed by atoms with Gasteiger partial charge in [0.15, 0.2) is 0 Å². The number of carbonyl (C=O) groups is 1. The molecule has 0 spiro atoms. The van der Waals surface area contributed by atoms with E-state index in [1.807, 2.05) is 0 Å². The first-order valence-electron chi connectivity index (χ1n) is 5.67. The number of sulfonamides is 1. The van der Waals surface area contributed by atoms with Crippen LogP contribution in [0.25, 0.3) is 0 Å². The molecule has 20 heavy (non-hydrogen) atoms. The molecule has 0 radical (unpaired) electrons. The van der Waals surface area contributed by atoms with Crippen molar-refractivity contribution < 1.29 is 17.9 Å². The zero-order valence-corrected chi connectivity index (χ0v) is 12.6. The largest absolute Gasteiger partial charge is 0.465 e. The minimum Gasteiger partial charge on any atom is -0.465 e. The first-order chi connectivity index (χ1) is 9.46. The molecule has 0 aliphatic carbocycles. The molecule has 0 saturated carbocycles. The van der Waals surface area contributed by atoms with E-state index in [2.05, 4.69) is 4.74 Å². The highest BCUT2D eigenvalue weighted by molar-refractivity contribution is 7.94. The van der Waals surface area contributed by atoms with Crippen LogP contribution in [0.5, 0.6) is 0 Å². The zero-order valence-electron chi connectivity index (χ0n) is 10.9. The van der Waals surface area contributed by atoms with Gasteiger partial charge in [-0.15, -0.1) is 11.3 Å². The summed E-state index contributed by atoms with van der Waals surface area (Å²) in [6.07, 6.45) is 0. The third kappa shape index (κ3) is 2.68.